The lowest BCUT2D eigenvalue weighted by Gasteiger charge is -2.39. The monoisotopic (exact) mass is 317 g/mol. The normalized spacial score (nSPS) is 19.1. The van der Waals surface area contributed by atoms with E-state index in [-0.39, 0.29) is 22.7 Å². The molecule has 6 nitrogen and oxygen atoms in total. The van der Waals surface area contributed by atoms with Crippen molar-refractivity contribution in [1.29, 1.82) is 0 Å². The van der Waals surface area contributed by atoms with Crippen molar-refractivity contribution in [1.82, 2.24) is 4.90 Å². The molecular weight excluding hydrogens is 302 g/mol. The Kier molecular flexibility index (Phi) is 4.49. The molecule has 3 N–H and O–H groups in total. The molecule has 1 aromatic rings. The standard InChI is InChI=1S/C12H16ClN3O3S/c1-20-12(11(14)15-18)4-6-16(7-5-12)10(17)8-2-3-9(13)19-8/h2-3,18H,4-7H2,1H3,(H2,14,15). The van der Waals surface area contributed by atoms with Gasteiger partial charge in [-0.1, -0.05) is 5.16 Å². The van der Waals surface area contributed by atoms with Crippen LogP contribution in [0.2, 0.25) is 5.22 Å². The maximum absolute atomic E-state index is 12.2. The van der Waals surface area contributed by atoms with Gasteiger partial charge in [0.05, 0.1) is 4.75 Å². The number of oxime groups is 1. The summed E-state index contributed by atoms with van der Waals surface area (Å²) in [5, 5.41) is 12.2. The molecule has 0 spiro atoms. The third-order valence-corrected chi connectivity index (χ3v) is 5.21. The van der Waals surface area contributed by atoms with Crippen molar-refractivity contribution < 1.29 is 14.4 Å². The maximum atomic E-state index is 12.2. The van der Waals surface area contributed by atoms with Crippen LogP contribution >= 0.6 is 23.4 Å². The van der Waals surface area contributed by atoms with Gasteiger partial charge >= 0.3 is 0 Å². The lowest BCUT2D eigenvalue weighted by Crippen LogP contribution is -2.51. The number of nitrogens with zero attached hydrogens (tertiary/aromatic N) is 2. The molecule has 0 aromatic carbocycles. The molecule has 0 aliphatic carbocycles. The Hall–Kier alpha value is -1.34. The summed E-state index contributed by atoms with van der Waals surface area (Å²) in [5.41, 5.74) is 5.77. The van der Waals surface area contributed by atoms with Crippen LogP contribution in [0.4, 0.5) is 0 Å². The van der Waals surface area contributed by atoms with Crippen LogP contribution in [0.5, 0.6) is 0 Å². The minimum atomic E-state index is -0.410. The lowest BCUT2D eigenvalue weighted by molar-refractivity contribution is 0.0686. The second-order valence-corrected chi connectivity index (χ2v) is 6.14. The molecule has 0 saturated carbocycles. The first-order chi connectivity index (χ1) is 9.52. The first-order valence-corrected chi connectivity index (χ1v) is 7.70. The second kappa shape index (κ2) is 5.97. The molecule has 1 fully saturated rings. The van der Waals surface area contributed by atoms with Gasteiger partial charge in [0.15, 0.2) is 16.8 Å². The van der Waals surface area contributed by atoms with Gasteiger partial charge in [-0.05, 0) is 42.8 Å². The van der Waals surface area contributed by atoms with E-state index in [1.54, 1.807) is 28.8 Å². The molecule has 20 heavy (non-hydrogen) atoms. The van der Waals surface area contributed by atoms with Crippen molar-refractivity contribution in [3.05, 3.63) is 23.1 Å². The van der Waals surface area contributed by atoms with Gasteiger partial charge in [0.25, 0.3) is 5.91 Å². The highest BCUT2D eigenvalue weighted by Gasteiger charge is 2.39. The van der Waals surface area contributed by atoms with E-state index < -0.39 is 4.75 Å². The molecule has 110 valence electrons. The summed E-state index contributed by atoms with van der Waals surface area (Å²) >= 11 is 7.21. The molecular formula is C12H16ClN3O3S. The van der Waals surface area contributed by atoms with Crippen LogP contribution in [-0.4, -0.2) is 45.9 Å². The van der Waals surface area contributed by atoms with E-state index in [4.69, 9.17) is 27.0 Å². The van der Waals surface area contributed by atoms with Crippen molar-refractivity contribution in [2.24, 2.45) is 10.9 Å². The Morgan fingerprint density at radius 3 is 2.65 bits per heavy atom. The zero-order valence-electron chi connectivity index (χ0n) is 11.0. The summed E-state index contributed by atoms with van der Waals surface area (Å²) in [6.45, 7) is 1.04. The van der Waals surface area contributed by atoms with E-state index in [2.05, 4.69) is 5.16 Å². The van der Waals surface area contributed by atoms with E-state index in [1.165, 1.54) is 0 Å². The number of halogens is 1. The quantitative estimate of drug-likeness (QED) is 0.385. The molecule has 1 aliphatic rings. The van der Waals surface area contributed by atoms with Crippen LogP contribution < -0.4 is 5.73 Å². The zero-order chi connectivity index (χ0) is 14.8. The molecule has 1 amide bonds. The number of thioether (sulfide) groups is 1. The molecule has 8 heteroatoms. The smallest absolute Gasteiger partial charge is 0.289 e. The van der Waals surface area contributed by atoms with Crippen LogP contribution in [0, 0.1) is 0 Å². The van der Waals surface area contributed by atoms with Crippen molar-refractivity contribution in [2.75, 3.05) is 19.3 Å². The van der Waals surface area contributed by atoms with E-state index in [9.17, 15) is 4.79 Å². The molecule has 0 unspecified atom stereocenters. The molecule has 0 radical (unpaired) electrons. The summed E-state index contributed by atoms with van der Waals surface area (Å²) in [5.74, 6) is 0.250. The summed E-state index contributed by atoms with van der Waals surface area (Å²) in [7, 11) is 0. The number of nitrogens with two attached hydrogens (primary N) is 1. The number of likely N-dealkylation sites (tertiary alicyclic amines) is 1. The fourth-order valence-electron chi connectivity index (χ4n) is 2.31. The number of amides is 1. The Labute approximate surface area is 125 Å². The number of hydrogen-bond donors (Lipinski definition) is 2. The van der Waals surface area contributed by atoms with Gasteiger partial charge in [-0.25, -0.2) is 0 Å². The Bertz CT molecular complexity index is 524. The lowest BCUT2D eigenvalue weighted by atomic mass is 9.94. The van der Waals surface area contributed by atoms with E-state index in [0.29, 0.717) is 25.9 Å². The summed E-state index contributed by atoms with van der Waals surface area (Å²) in [6, 6.07) is 3.10. The van der Waals surface area contributed by atoms with Crippen molar-refractivity contribution in [2.45, 2.75) is 17.6 Å². The fourth-order valence-corrected chi connectivity index (χ4v) is 3.30. The van der Waals surface area contributed by atoms with Gasteiger partial charge in [0.1, 0.15) is 0 Å². The van der Waals surface area contributed by atoms with Crippen LogP contribution in [0.15, 0.2) is 21.7 Å². The first-order valence-electron chi connectivity index (χ1n) is 6.10. The van der Waals surface area contributed by atoms with Crippen molar-refractivity contribution in [3.8, 4) is 0 Å². The number of carbonyl (C=O) groups is 1. The van der Waals surface area contributed by atoms with Crippen LogP contribution in [0.3, 0.4) is 0 Å². The SMILES string of the molecule is CSC1(/C(N)=N/O)CCN(C(=O)c2ccc(Cl)o2)CC1. The van der Waals surface area contributed by atoms with Gasteiger partial charge in [-0.2, -0.15) is 11.8 Å². The van der Waals surface area contributed by atoms with Crippen LogP contribution in [0.25, 0.3) is 0 Å². The predicted molar refractivity (Wildman–Crippen MR) is 78.5 cm³/mol. The van der Waals surface area contributed by atoms with E-state index >= 15 is 0 Å². The summed E-state index contributed by atoms with van der Waals surface area (Å²) < 4.78 is 4.72. The Balaban J connectivity index is 2.06. The predicted octanol–water partition coefficient (Wildman–Crippen LogP) is 2.02. The van der Waals surface area contributed by atoms with Crippen molar-refractivity contribution >= 4 is 35.1 Å². The fraction of sp³-hybridized carbons (Fsp3) is 0.500. The molecule has 1 saturated heterocycles. The first kappa shape index (κ1) is 15.1. The molecule has 1 aromatic heterocycles. The molecule has 0 atom stereocenters. The average molecular weight is 318 g/mol. The third kappa shape index (κ3) is 2.73. The Morgan fingerprint density at radius 1 is 1.55 bits per heavy atom. The van der Waals surface area contributed by atoms with Gasteiger partial charge in [-0.3, -0.25) is 4.79 Å². The van der Waals surface area contributed by atoms with Gasteiger partial charge in [0, 0.05) is 13.1 Å². The van der Waals surface area contributed by atoms with E-state index in [1.807, 2.05) is 6.26 Å². The number of rotatable bonds is 3. The number of carbonyl (C=O) groups excluding carboxylic acids is 1. The van der Waals surface area contributed by atoms with Gasteiger partial charge in [0.2, 0.25) is 0 Å². The number of hydrogen-bond acceptors (Lipinski definition) is 5. The molecule has 2 rings (SSSR count). The average Bonchev–Trinajstić information content (AvgIpc) is 2.92. The molecule has 1 aliphatic heterocycles. The minimum Gasteiger partial charge on any atom is -0.440 e. The minimum absolute atomic E-state index is 0.189. The largest absolute Gasteiger partial charge is 0.440 e. The number of piperidine rings is 1. The highest BCUT2D eigenvalue weighted by atomic mass is 35.5. The maximum Gasteiger partial charge on any atom is 0.289 e. The second-order valence-electron chi connectivity index (χ2n) is 4.58. The highest BCUT2D eigenvalue weighted by Crippen LogP contribution is 2.35. The highest BCUT2D eigenvalue weighted by molar-refractivity contribution is 8.00. The third-order valence-electron chi connectivity index (χ3n) is 3.61. The van der Waals surface area contributed by atoms with Gasteiger partial charge in [-0.15, -0.1) is 0 Å². The Morgan fingerprint density at radius 2 is 2.20 bits per heavy atom. The van der Waals surface area contributed by atoms with Gasteiger partial charge < -0.3 is 20.3 Å². The topological polar surface area (TPSA) is 92.1 Å². The van der Waals surface area contributed by atoms with Crippen molar-refractivity contribution in [3.63, 3.8) is 0 Å². The zero-order valence-corrected chi connectivity index (χ0v) is 12.6. The number of furan rings is 1. The van der Waals surface area contributed by atoms with E-state index in [0.717, 1.165) is 0 Å². The molecule has 2 heterocycles. The number of amidine groups is 1. The summed E-state index contributed by atoms with van der Waals surface area (Å²) in [6.07, 6.45) is 3.18. The molecule has 0 bridgehead atoms. The van der Waals surface area contributed by atoms with Crippen LogP contribution in [-0.2, 0) is 0 Å². The van der Waals surface area contributed by atoms with Crippen LogP contribution in [0.1, 0.15) is 23.4 Å². The summed E-state index contributed by atoms with van der Waals surface area (Å²) in [4.78, 5) is 13.9.